The summed E-state index contributed by atoms with van der Waals surface area (Å²) in [7, 11) is 0. The minimum Gasteiger partial charge on any atom is -0.310 e. The van der Waals surface area contributed by atoms with E-state index in [4.69, 9.17) is 0 Å². The fourth-order valence-electron chi connectivity index (χ4n) is 11.4. The Kier molecular flexibility index (Phi) is 8.51. The first-order valence-corrected chi connectivity index (χ1v) is 23.1. The van der Waals surface area contributed by atoms with Crippen molar-refractivity contribution in [3.05, 3.63) is 241 Å². The summed E-state index contributed by atoms with van der Waals surface area (Å²) in [6, 6.07) is 83.2. The topological polar surface area (TPSA) is 8.17 Å². The van der Waals surface area contributed by atoms with Gasteiger partial charge in [-0.1, -0.05) is 183 Å². The fourth-order valence-corrected chi connectivity index (χ4v) is 11.4. The van der Waals surface area contributed by atoms with E-state index in [1.807, 2.05) is 0 Å². The third-order valence-corrected chi connectivity index (χ3v) is 14.4. The summed E-state index contributed by atoms with van der Waals surface area (Å²) in [6.07, 6.45) is 0. The van der Waals surface area contributed by atoms with E-state index in [9.17, 15) is 0 Å². The van der Waals surface area contributed by atoms with E-state index in [0.717, 1.165) is 22.7 Å². The minimum atomic E-state index is -0.0912. The molecule has 1 aromatic heterocycles. The van der Waals surface area contributed by atoms with Crippen molar-refractivity contribution >= 4 is 71.2 Å². The second-order valence-electron chi connectivity index (χ2n) is 18.5. The molecule has 13 rings (SSSR count). The van der Waals surface area contributed by atoms with Crippen LogP contribution in [0.3, 0.4) is 0 Å². The Morgan fingerprint density at radius 2 is 0.924 bits per heavy atom. The standard InChI is InChI=1S/C64H46N2/c1-41-31-37-55-56(39-41)62(42-32-38-48-47-19-9-12-27-57(47)64(2,3)58(48)40-42)53-22-7-8-23-54(53)63(55)52-26-15-25-49-46(52)24-16-30-59(49)65(43-17-5-4-6-18-43)44-33-35-45(36-34-44)66-60-28-13-10-20-50(60)51-21-11-14-29-61(51)66/h4-40H,1-3H3. The monoisotopic (exact) mass is 842 g/mol. The molecule has 12 aromatic rings. The molecule has 1 aliphatic carbocycles. The summed E-state index contributed by atoms with van der Waals surface area (Å²) >= 11 is 0. The van der Waals surface area contributed by atoms with Crippen LogP contribution in [0.1, 0.15) is 30.5 Å². The van der Waals surface area contributed by atoms with Gasteiger partial charge in [-0.05, 0) is 139 Å². The molecule has 1 aliphatic rings. The molecule has 0 bridgehead atoms. The van der Waals surface area contributed by atoms with Crippen LogP contribution in [0.5, 0.6) is 0 Å². The van der Waals surface area contributed by atoms with Crippen LogP contribution in [0, 0.1) is 6.92 Å². The number of hydrogen-bond donors (Lipinski definition) is 0. The van der Waals surface area contributed by atoms with Gasteiger partial charge in [-0.2, -0.15) is 0 Å². The van der Waals surface area contributed by atoms with Crippen LogP contribution in [0.4, 0.5) is 17.1 Å². The number of aryl methyl sites for hydroxylation is 1. The molecule has 0 saturated heterocycles. The van der Waals surface area contributed by atoms with E-state index in [2.05, 4.69) is 255 Å². The number of aromatic nitrogens is 1. The van der Waals surface area contributed by atoms with Crippen LogP contribution in [0.15, 0.2) is 224 Å². The van der Waals surface area contributed by atoms with E-state index in [0.29, 0.717) is 0 Å². The Hall–Kier alpha value is -8.20. The average molecular weight is 843 g/mol. The van der Waals surface area contributed by atoms with Crippen LogP contribution >= 0.6 is 0 Å². The molecule has 0 fully saturated rings. The van der Waals surface area contributed by atoms with Gasteiger partial charge in [-0.15, -0.1) is 0 Å². The van der Waals surface area contributed by atoms with Crippen molar-refractivity contribution in [2.45, 2.75) is 26.2 Å². The molecule has 11 aromatic carbocycles. The predicted octanol–water partition coefficient (Wildman–Crippen LogP) is 17.7. The molecule has 0 amide bonds. The number of fused-ring (bicyclic) bond motifs is 9. The molecule has 0 saturated carbocycles. The Morgan fingerprint density at radius 3 is 1.68 bits per heavy atom. The van der Waals surface area contributed by atoms with Crippen molar-refractivity contribution in [2.75, 3.05) is 4.90 Å². The minimum absolute atomic E-state index is 0.0912. The second-order valence-corrected chi connectivity index (χ2v) is 18.5. The zero-order chi connectivity index (χ0) is 44.1. The van der Waals surface area contributed by atoms with Gasteiger partial charge in [0, 0.05) is 38.6 Å². The molecule has 0 N–H and O–H groups in total. The maximum atomic E-state index is 2.48. The van der Waals surface area contributed by atoms with Gasteiger partial charge >= 0.3 is 0 Å². The molecular formula is C64H46N2. The predicted molar refractivity (Wildman–Crippen MR) is 281 cm³/mol. The van der Waals surface area contributed by atoms with Crippen LogP contribution in [0.2, 0.25) is 0 Å². The lowest BCUT2D eigenvalue weighted by Crippen LogP contribution is -2.14. The summed E-state index contributed by atoms with van der Waals surface area (Å²) < 4.78 is 2.39. The van der Waals surface area contributed by atoms with Crippen molar-refractivity contribution in [1.29, 1.82) is 0 Å². The van der Waals surface area contributed by atoms with E-state index < -0.39 is 0 Å². The molecular weight excluding hydrogens is 797 g/mol. The molecule has 312 valence electrons. The van der Waals surface area contributed by atoms with Crippen molar-refractivity contribution in [3.63, 3.8) is 0 Å². The van der Waals surface area contributed by atoms with Gasteiger partial charge in [0.05, 0.1) is 16.7 Å². The number of hydrogen-bond acceptors (Lipinski definition) is 1. The molecule has 0 aliphatic heterocycles. The average Bonchev–Trinajstić information content (AvgIpc) is 3.82. The van der Waals surface area contributed by atoms with Gasteiger partial charge in [0.2, 0.25) is 0 Å². The molecule has 66 heavy (non-hydrogen) atoms. The Balaban J connectivity index is 0.997. The molecule has 1 heterocycles. The quantitative estimate of drug-likeness (QED) is 0.151. The van der Waals surface area contributed by atoms with E-state index in [-0.39, 0.29) is 5.41 Å². The first-order chi connectivity index (χ1) is 32.4. The zero-order valence-corrected chi connectivity index (χ0v) is 37.3. The highest BCUT2D eigenvalue weighted by Crippen LogP contribution is 2.52. The fraction of sp³-hybridized carbons (Fsp3) is 0.0625. The van der Waals surface area contributed by atoms with Crippen LogP contribution in [-0.2, 0) is 5.41 Å². The largest absolute Gasteiger partial charge is 0.310 e. The van der Waals surface area contributed by atoms with E-state index >= 15 is 0 Å². The van der Waals surface area contributed by atoms with Crippen LogP contribution < -0.4 is 4.90 Å². The molecule has 0 unspecified atom stereocenters. The summed E-state index contributed by atoms with van der Waals surface area (Å²) in [4.78, 5) is 2.41. The molecule has 0 spiro atoms. The Bertz CT molecular complexity index is 3860. The van der Waals surface area contributed by atoms with Gasteiger partial charge in [-0.25, -0.2) is 0 Å². The third-order valence-electron chi connectivity index (χ3n) is 14.4. The number of benzene rings is 11. The first kappa shape index (κ1) is 38.3. The van der Waals surface area contributed by atoms with Gasteiger partial charge in [-0.3, -0.25) is 0 Å². The van der Waals surface area contributed by atoms with Gasteiger partial charge in [0.15, 0.2) is 0 Å². The summed E-state index contributed by atoms with van der Waals surface area (Å²) in [5, 5.41) is 9.99. The van der Waals surface area contributed by atoms with Gasteiger partial charge in [0.1, 0.15) is 0 Å². The lowest BCUT2D eigenvalue weighted by Gasteiger charge is -2.28. The van der Waals surface area contributed by atoms with Gasteiger partial charge < -0.3 is 9.47 Å². The van der Waals surface area contributed by atoms with Crippen molar-refractivity contribution < 1.29 is 0 Å². The zero-order valence-electron chi connectivity index (χ0n) is 37.3. The normalized spacial score (nSPS) is 12.9. The highest BCUT2D eigenvalue weighted by atomic mass is 15.1. The molecule has 2 nitrogen and oxygen atoms in total. The lowest BCUT2D eigenvalue weighted by molar-refractivity contribution is 0.660. The summed E-state index contributed by atoms with van der Waals surface area (Å²) in [5.41, 5.74) is 18.6. The SMILES string of the molecule is Cc1ccc2c(-c3cccc4c(N(c5ccccc5)c5ccc(-n6c7ccccc7c7ccccc76)cc5)cccc34)c3ccccc3c(-c3ccc4c(c3)C(C)(C)c3ccccc3-4)c2c1. The highest BCUT2D eigenvalue weighted by molar-refractivity contribution is 6.24. The summed E-state index contributed by atoms with van der Waals surface area (Å²) in [5.74, 6) is 0. The van der Waals surface area contributed by atoms with Gasteiger partial charge in [0.25, 0.3) is 0 Å². The van der Waals surface area contributed by atoms with Crippen molar-refractivity contribution in [2.24, 2.45) is 0 Å². The van der Waals surface area contributed by atoms with Crippen molar-refractivity contribution in [3.8, 4) is 39.1 Å². The first-order valence-electron chi connectivity index (χ1n) is 23.1. The maximum Gasteiger partial charge on any atom is 0.0541 e. The highest BCUT2D eigenvalue weighted by Gasteiger charge is 2.35. The number of nitrogens with zero attached hydrogens (tertiary/aromatic N) is 2. The lowest BCUT2D eigenvalue weighted by atomic mass is 9.80. The number of rotatable bonds is 6. The number of anilines is 3. The van der Waals surface area contributed by atoms with E-state index in [1.54, 1.807) is 0 Å². The number of para-hydroxylation sites is 3. The maximum absolute atomic E-state index is 2.48. The van der Waals surface area contributed by atoms with Crippen LogP contribution in [-0.4, -0.2) is 4.57 Å². The molecule has 2 heteroatoms. The van der Waals surface area contributed by atoms with E-state index in [1.165, 1.54) is 104 Å². The third kappa shape index (κ3) is 5.68. The molecule has 0 radical (unpaired) electrons. The smallest absolute Gasteiger partial charge is 0.0541 e. The second kappa shape index (κ2) is 14.7. The van der Waals surface area contributed by atoms with Crippen LogP contribution in [0.25, 0.3) is 93.2 Å². The Morgan fingerprint density at radius 1 is 0.364 bits per heavy atom. The Labute approximate surface area is 385 Å². The molecule has 0 atom stereocenters. The summed E-state index contributed by atoms with van der Waals surface area (Å²) in [6.45, 7) is 6.97. The van der Waals surface area contributed by atoms with Crippen molar-refractivity contribution in [1.82, 2.24) is 4.57 Å².